The summed E-state index contributed by atoms with van der Waals surface area (Å²) in [6.07, 6.45) is -0.0929. The summed E-state index contributed by atoms with van der Waals surface area (Å²) < 4.78 is 36.8. The van der Waals surface area contributed by atoms with Crippen LogP contribution in [0.5, 0.6) is 0 Å². The lowest BCUT2D eigenvalue weighted by atomic mass is 10.1. The molecule has 0 radical (unpaired) electrons. The average molecular weight is 405 g/mol. The monoisotopic (exact) mass is 405 g/mol. The Kier molecular flexibility index (Phi) is 7.31. The minimum absolute atomic E-state index is 0.0319. The van der Waals surface area contributed by atoms with E-state index in [1.807, 2.05) is 6.92 Å². The molecule has 2 rings (SSSR count). The third-order valence-electron chi connectivity index (χ3n) is 4.02. The van der Waals surface area contributed by atoms with Crippen molar-refractivity contribution in [2.75, 3.05) is 13.7 Å². The fourth-order valence-electron chi connectivity index (χ4n) is 2.56. The van der Waals surface area contributed by atoms with Gasteiger partial charge in [-0.15, -0.1) is 0 Å². The van der Waals surface area contributed by atoms with E-state index in [9.17, 15) is 18.0 Å². The van der Waals surface area contributed by atoms with Gasteiger partial charge in [0.1, 0.15) is 6.61 Å². The summed E-state index contributed by atoms with van der Waals surface area (Å²) >= 11 is 0. The van der Waals surface area contributed by atoms with Crippen LogP contribution in [0, 0.1) is 13.8 Å². The number of rotatable bonds is 8. The second-order valence-corrected chi connectivity index (χ2v) is 8.00. The summed E-state index contributed by atoms with van der Waals surface area (Å²) in [5.41, 5.74) is 2.72. The molecule has 0 aliphatic carbocycles. The number of benzene rings is 2. The van der Waals surface area contributed by atoms with Crippen molar-refractivity contribution in [3.05, 3.63) is 64.7 Å². The van der Waals surface area contributed by atoms with Crippen molar-refractivity contribution < 1.29 is 27.5 Å². The van der Waals surface area contributed by atoms with E-state index >= 15 is 0 Å². The minimum Gasteiger partial charge on any atom is -0.465 e. The normalized spacial score (nSPS) is 11.1. The third-order valence-corrected chi connectivity index (χ3v) is 5.64. The fraction of sp³-hybridized carbons (Fsp3) is 0.300. The number of carbonyl (C=O) groups excluding carboxylic acids is 2. The van der Waals surface area contributed by atoms with E-state index in [0.29, 0.717) is 16.7 Å². The first-order valence-corrected chi connectivity index (χ1v) is 10.1. The van der Waals surface area contributed by atoms with Gasteiger partial charge in [-0.3, -0.25) is 4.79 Å². The maximum absolute atomic E-state index is 12.3. The van der Waals surface area contributed by atoms with Gasteiger partial charge in [0.15, 0.2) is 0 Å². The first kappa shape index (κ1) is 21.6. The van der Waals surface area contributed by atoms with Crippen LogP contribution in [0.3, 0.4) is 0 Å². The maximum Gasteiger partial charge on any atom is 0.337 e. The van der Waals surface area contributed by atoms with E-state index in [1.165, 1.54) is 7.11 Å². The standard InChI is InChI=1S/C20H23NO6S/c1-14-4-9-18(15(2)12-14)28(24,25)21-11-10-19(22)27-13-16-5-7-17(8-6-16)20(23)26-3/h4-9,12,21H,10-11,13H2,1-3H3. The molecule has 8 heteroatoms. The van der Waals surface area contributed by atoms with E-state index in [1.54, 1.807) is 49.4 Å². The highest BCUT2D eigenvalue weighted by Crippen LogP contribution is 2.16. The Labute approximate surface area is 164 Å². The van der Waals surface area contributed by atoms with Gasteiger partial charge < -0.3 is 9.47 Å². The molecule has 1 N–H and O–H groups in total. The Morgan fingerprint density at radius 2 is 1.71 bits per heavy atom. The Morgan fingerprint density at radius 1 is 1.04 bits per heavy atom. The molecule has 2 aromatic carbocycles. The molecule has 0 atom stereocenters. The molecule has 0 fully saturated rings. The Bertz CT molecular complexity index is 951. The number of sulfonamides is 1. The highest BCUT2D eigenvalue weighted by molar-refractivity contribution is 7.89. The smallest absolute Gasteiger partial charge is 0.337 e. The molecule has 0 aliphatic heterocycles. The van der Waals surface area contributed by atoms with Crippen LogP contribution >= 0.6 is 0 Å². The SMILES string of the molecule is COC(=O)c1ccc(COC(=O)CCNS(=O)(=O)c2ccc(C)cc2C)cc1. The lowest BCUT2D eigenvalue weighted by Gasteiger charge is -2.10. The van der Waals surface area contributed by atoms with E-state index in [-0.39, 0.29) is 24.5 Å². The zero-order chi connectivity index (χ0) is 20.7. The molecule has 0 bridgehead atoms. The van der Waals surface area contributed by atoms with Crippen molar-refractivity contribution in [3.8, 4) is 0 Å². The number of aryl methyl sites for hydroxylation is 2. The molecule has 28 heavy (non-hydrogen) atoms. The molecule has 0 saturated heterocycles. The van der Waals surface area contributed by atoms with E-state index in [0.717, 1.165) is 5.56 Å². The number of methoxy groups -OCH3 is 1. The van der Waals surface area contributed by atoms with Gasteiger partial charge in [-0.25, -0.2) is 17.9 Å². The fourth-order valence-corrected chi connectivity index (χ4v) is 3.81. The predicted molar refractivity (Wildman–Crippen MR) is 103 cm³/mol. The Morgan fingerprint density at radius 3 is 2.32 bits per heavy atom. The quantitative estimate of drug-likeness (QED) is 0.678. The topological polar surface area (TPSA) is 98.8 Å². The van der Waals surface area contributed by atoms with Gasteiger partial charge in [-0.2, -0.15) is 0 Å². The van der Waals surface area contributed by atoms with Crippen LogP contribution in [0.1, 0.15) is 33.5 Å². The lowest BCUT2D eigenvalue weighted by Crippen LogP contribution is -2.27. The van der Waals surface area contributed by atoms with Gasteiger partial charge in [0.25, 0.3) is 0 Å². The van der Waals surface area contributed by atoms with Crippen LogP contribution in [-0.2, 0) is 30.9 Å². The molecule has 0 amide bonds. The molecule has 150 valence electrons. The third kappa shape index (κ3) is 5.90. The maximum atomic E-state index is 12.3. The largest absolute Gasteiger partial charge is 0.465 e. The predicted octanol–water partition coefficient (Wildman–Crippen LogP) is 2.50. The summed E-state index contributed by atoms with van der Waals surface area (Å²) in [5.74, 6) is -0.972. The molecule has 0 aliphatic rings. The van der Waals surface area contributed by atoms with Gasteiger partial charge >= 0.3 is 11.9 Å². The molecule has 0 aromatic heterocycles. The summed E-state index contributed by atoms with van der Waals surface area (Å²) in [4.78, 5) is 23.4. The molecule has 2 aromatic rings. The highest BCUT2D eigenvalue weighted by Gasteiger charge is 2.17. The Hall–Kier alpha value is -2.71. The number of hydrogen-bond acceptors (Lipinski definition) is 6. The van der Waals surface area contributed by atoms with Crippen molar-refractivity contribution in [2.24, 2.45) is 0 Å². The van der Waals surface area contributed by atoms with E-state index < -0.39 is 22.0 Å². The number of nitrogens with one attached hydrogen (secondary N) is 1. The summed E-state index contributed by atoms with van der Waals surface area (Å²) in [6, 6.07) is 11.5. The summed E-state index contributed by atoms with van der Waals surface area (Å²) in [6.45, 7) is 3.58. The number of ether oxygens (including phenoxy) is 2. The highest BCUT2D eigenvalue weighted by atomic mass is 32.2. The van der Waals surface area contributed by atoms with Crippen LogP contribution in [0.2, 0.25) is 0 Å². The van der Waals surface area contributed by atoms with Gasteiger partial charge in [-0.1, -0.05) is 29.8 Å². The lowest BCUT2D eigenvalue weighted by molar-refractivity contribution is -0.144. The van der Waals surface area contributed by atoms with Crippen LogP contribution in [0.25, 0.3) is 0 Å². The van der Waals surface area contributed by atoms with Crippen LogP contribution < -0.4 is 4.72 Å². The number of esters is 2. The second kappa shape index (κ2) is 9.48. The Balaban J connectivity index is 1.81. The van der Waals surface area contributed by atoms with Gasteiger partial charge in [-0.05, 0) is 43.2 Å². The van der Waals surface area contributed by atoms with Crippen molar-refractivity contribution in [1.29, 1.82) is 0 Å². The first-order valence-electron chi connectivity index (χ1n) is 8.63. The van der Waals surface area contributed by atoms with E-state index in [2.05, 4.69) is 9.46 Å². The molecule has 0 unspecified atom stereocenters. The zero-order valence-corrected chi connectivity index (χ0v) is 16.8. The van der Waals surface area contributed by atoms with Gasteiger partial charge in [0, 0.05) is 6.54 Å². The van der Waals surface area contributed by atoms with E-state index in [4.69, 9.17) is 4.74 Å². The molecule has 0 spiro atoms. The average Bonchev–Trinajstić information content (AvgIpc) is 2.65. The van der Waals surface area contributed by atoms with Crippen molar-refractivity contribution in [2.45, 2.75) is 31.8 Å². The molecule has 0 saturated carbocycles. The van der Waals surface area contributed by atoms with Crippen LogP contribution in [0.4, 0.5) is 0 Å². The van der Waals surface area contributed by atoms with Crippen molar-refractivity contribution in [3.63, 3.8) is 0 Å². The van der Waals surface area contributed by atoms with Crippen molar-refractivity contribution in [1.82, 2.24) is 4.72 Å². The van der Waals surface area contributed by atoms with Crippen LogP contribution in [-0.4, -0.2) is 34.0 Å². The van der Waals surface area contributed by atoms with Gasteiger partial charge in [0.05, 0.1) is 24.0 Å². The van der Waals surface area contributed by atoms with Crippen molar-refractivity contribution >= 4 is 22.0 Å². The first-order chi connectivity index (χ1) is 13.2. The molecular formula is C20H23NO6S. The minimum atomic E-state index is -3.69. The summed E-state index contributed by atoms with van der Waals surface area (Å²) in [5, 5.41) is 0. The zero-order valence-electron chi connectivity index (χ0n) is 16.0. The van der Waals surface area contributed by atoms with Gasteiger partial charge in [0.2, 0.25) is 10.0 Å². The molecule has 7 nitrogen and oxygen atoms in total. The van der Waals surface area contributed by atoms with Crippen LogP contribution in [0.15, 0.2) is 47.4 Å². The molecule has 0 heterocycles. The number of carbonyl (C=O) groups is 2. The summed E-state index contributed by atoms with van der Waals surface area (Å²) in [7, 11) is -2.39. The molecular weight excluding hydrogens is 382 g/mol. The number of hydrogen-bond donors (Lipinski definition) is 1. The second-order valence-electron chi connectivity index (χ2n) is 6.27.